The van der Waals surface area contributed by atoms with E-state index >= 15 is 0 Å². The van der Waals surface area contributed by atoms with Crippen LogP contribution in [0, 0.1) is 11.8 Å². The number of carbonyl (C=O) groups excluding carboxylic acids is 2. The number of nitrogens with zero attached hydrogens (tertiary/aromatic N) is 1. The second-order valence-electron chi connectivity index (χ2n) is 5.88. The number of rotatable bonds is 2. The highest BCUT2D eigenvalue weighted by molar-refractivity contribution is 6.07. The lowest BCUT2D eigenvalue weighted by atomic mass is 9.78. The quantitative estimate of drug-likeness (QED) is 0.604. The molecule has 3 aliphatic rings. The van der Waals surface area contributed by atoms with Crippen molar-refractivity contribution in [1.29, 1.82) is 0 Å². The van der Waals surface area contributed by atoms with Gasteiger partial charge in [-0.25, -0.2) is 0 Å². The molecular weight excluding hydrogens is 254 g/mol. The first-order chi connectivity index (χ1) is 9.60. The fourth-order valence-corrected chi connectivity index (χ4v) is 3.63. The minimum Gasteiger partial charge on any atom is -0.362 e. The van der Waals surface area contributed by atoms with Crippen LogP contribution < -0.4 is 0 Å². The Morgan fingerprint density at radius 2 is 1.95 bits per heavy atom. The van der Waals surface area contributed by atoms with Crippen LogP contribution in [0.15, 0.2) is 42.5 Å². The molecule has 0 unspecified atom stereocenters. The predicted octanol–water partition coefficient (Wildman–Crippen LogP) is 1.52. The predicted molar refractivity (Wildman–Crippen MR) is 71.4 cm³/mol. The molecule has 4 nitrogen and oxygen atoms in total. The number of ether oxygens (including phenoxy) is 1. The standard InChI is InChI=1S/C16H15NO3/c1-16-8-7-11(20-16)12-13(16)15(19)17(14(12)18)9-10-5-3-2-4-6-10/h2-8,11-13H,9H2,1H3/t11-,12-,13+,16+/m0/s1. The van der Waals surface area contributed by atoms with Gasteiger partial charge < -0.3 is 4.74 Å². The lowest BCUT2D eigenvalue weighted by Crippen LogP contribution is -2.38. The van der Waals surface area contributed by atoms with Crippen molar-refractivity contribution >= 4 is 11.8 Å². The Hall–Kier alpha value is -1.94. The Morgan fingerprint density at radius 3 is 2.65 bits per heavy atom. The number of likely N-dealkylation sites (tertiary alicyclic amines) is 1. The summed E-state index contributed by atoms with van der Waals surface area (Å²) in [5, 5.41) is 0. The van der Waals surface area contributed by atoms with E-state index in [9.17, 15) is 9.59 Å². The smallest absolute Gasteiger partial charge is 0.236 e. The number of amides is 2. The molecule has 2 amide bonds. The van der Waals surface area contributed by atoms with Gasteiger partial charge in [0.05, 0.1) is 30.1 Å². The molecule has 0 spiro atoms. The zero-order valence-electron chi connectivity index (χ0n) is 11.2. The van der Waals surface area contributed by atoms with Gasteiger partial charge in [-0.2, -0.15) is 0 Å². The summed E-state index contributed by atoms with van der Waals surface area (Å²) in [6.07, 6.45) is 3.61. The van der Waals surface area contributed by atoms with E-state index in [0.29, 0.717) is 6.54 Å². The molecule has 0 N–H and O–H groups in total. The van der Waals surface area contributed by atoms with E-state index in [1.165, 1.54) is 4.90 Å². The fraction of sp³-hybridized carbons (Fsp3) is 0.375. The van der Waals surface area contributed by atoms with Crippen LogP contribution in [0.5, 0.6) is 0 Å². The van der Waals surface area contributed by atoms with Crippen LogP contribution in [-0.4, -0.2) is 28.4 Å². The minimum atomic E-state index is -0.604. The van der Waals surface area contributed by atoms with Gasteiger partial charge in [-0.1, -0.05) is 42.5 Å². The molecule has 2 bridgehead atoms. The Labute approximate surface area is 117 Å². The number of imide groups is 1. The number of benzene rings is 1. The molecule has 0 saturated carbocycles. The third kappa shape index (κ3) is 1.40. The molecule has 1 aromatic rings. The van der Waals surface area contributed by atoms with Crippen LogP contribution in [0.1, 0.15) is 12.5 Å². The van der Waals surface area contributed by atoms with E-state index < -0.39 is 5.60 Å². The highest BCUT2D eigenvalue weighted by Crippen LogP contribution is 2.51. The summed E-state index contributed by atoms with van der Waals surface area (Å²) >= 11 is 0. The molecule has 3 heterocycles. The second-order valence-corrected chi connectivity index (χ2v) is 5.88. The molecule has 4 atom stereocenters. The van der Waals surface area contributed by atoms with Gasteiger partial charge in [-0.15, -0.1) is 0 Å². The van der Waals surface area contributed by atoms with E-state index in [2.05, 4.69) is 0 Å². The molecule has 0 radical (unpaired) electrons. The molecular formula is C16H15NO3. The van der Waals surface area contributed by atoms with Crippen molar-refractivity contribution in [1.82, 2.24) is 4.90 Å². The monoisotopic (exact) mass is 269 g/mol. The van der Waals surface area contributed by atoms with Crippen molar-refractivity contribution < 1.29 is 14.3 Å². The van der Waals surface area contributed by atoms with E-state index in [4.69, 9.17) is 4.74 Å². The summed E-state index contributed by atoms with van der Waals surface area (Å²) in [4.78, 5) is 26.5. The normalized spacial score (nSPS) is 37.9. The Balaban J connectivity index is 1.66. The van der Waals surface area contributed by atoms with Crippen LogP contribution in [0.4, 0.5) is 0 Å². The van der Waals surface area contributed by atoms with Gasteiger partial charge in [-0.3, -0.25) is 14.5 Å². The zero-order valence-corrected chi connectivity index (χ0v) is 11.2. The molecule has 0 aromatic heterocycles. The van der Waals surface area contributed by atoms with Gasteiger partial charge >= 0.3 is 0 Å². The molecule has 1 aromatic carbocycles. The number of hydrogen-bond donors (Lipinski definition) is 0. The van der Waals surface area contributed by atoms with Gasteiger partial charge in [0, 0.05) is 0 Å². The van der Waals surface area contributed by atoms with Crippen molar-refractivity contribution in [3.63, 3.8) is 0 Å². The molecule has 3 aliphatic heterocycles. The summed E-state index contributed by atoms with van der Waals surface area (Å²) in [6.45, 7) is 2.25. The third-order valence-electron chi connectivity index (χ3n) is 4.60. The molecule has 2 fully saturated rings. The first-order valence-corrected chi connectivity index (χ1v) is 6.86. The van der Waals surface area contributed by atoms with Gasteiger partial charge in [-0.05, 0) is 12.5 Å². The topological polar surface area (TPSA) is 46.6 Å². The molecule has 0 aliphatic carbocycles. The summed E-state index contributed by atoms with van der Waals surface area (Å²) in [5.74, 6) is -0.880. The van der Waals surface area contributed by atoms with Gasteiger partial charge in [0.2, 0.25) is 11.8 Å². The minimum absolute atomic E-state index is 0.0954. The average Bonchev–Trinajstić information content (AvgIpc) is 3.04. The summed E-state index contributed by atoms with van der Waals surface area (Å²) < 4.78 is 5.79. The van der Waals surface area contributed by atoms with Crippen molar-refractivity contribution in [2.45, 2.75) is 25.2 Å². The van der Waals surface area contributed by atoms with Gasteiger partial charge in [0.15, 0.2) is 0 Å². The lowest BCUT2D eigenvalue weighted by Gasteiger charge is -2.24. The van der Waals surface area contributed by atoms with Crippen molar-refractivity contribution in [3.8, 4) is 0 Å². The van der Waals surface area contributed by atoms with E-state index in [1.807, 2.05) is 49.4 Å². The van der Waals surface area contributed by atoms with Crippen LogP contribution in [0.3, 0.4) is 0 Å². The lowest BCUT2D eigenvalue weighted by molar-refractivity contribution is -0.144. The summed E-state index contributed by atoms with van der Waals surface area (Å²) in [5.41, 5.74) is 0.369. The summed E-state index contributed by atoms with van der Waals surface area (Å²) in [7, 11) is 0. The fourth-order valence-electron chi connectivity index (χ4n) is 3.63. The van der Waals surface area contributed by atoms with E-state index in [-0.39, 0.29) is 29.8 Å². The SMILES string of the molecule is C[C@]12C=C[C@H](O1)[C@@H]1C(=O)N(Cc3ccccc3)C(=O)[C@@H]12. The second kappa shape index (κ2) is 3.79. The summed E-state index contributed by atoms with van der Waals surface area (Å²) in [6, 6.07) is 9.61. The maximum absolute atomic E-state index is 12.6. The Morgan fingerprint density at radius 1 is 1.20 bits per heavy atom. The van der Waals surface area contributed by atoms with E-state index in [0.717, 1.165) is 5.56 Å². The third-order valence-corrected chi connectivity index (χ3v) is 4.60. The number of carbonyl (C=O) groups is 2. The number of hydrogen-bond acceptors (Lipinski definition) is 3. The molecule has 20 heavy (non-hydrogen) atoms. The molecule has 2 saturated heterocycles. The van der Waals surface area contributed by atoms with Gasteiger partial charge in [0.25, 0.3) is 0 Å². The first kappa shape index (κ1) is 11.9. The van der Waals surface area contributed by atoms with Crippen LogP contribution in [0.2, 0.25) is 0 Å². The molecule has 4 heteroatoms. The number of fused-ring (bicyclic) bond motifs is 5. The van der Waals surface area contributed by atoms with Crippen LogP contribution in [-0.2, 0) is 20.9 Å². The molecule has 102 valence electrons. The van der Waals surface area contributed by atoms with E-state index in [1.54, 1.807) is 0 Å². The molecule has 4 rings (SSSR count). The highest BCUT2D eigenvalue weighted by Gasteiger charge is 2.65. The van der Waals surface area contributed by atoms with Crippen LogP contribution in [0.25, 0.3) is 0 Å². The maximum atomic E-state index is 12.6. The van der Waals surface area contributed by atoms with Gasteiger partial charge in [0.1, 0.15) is 0 Å². The largest absolute Gasteiger partial charge is 0.362 e. The Bertz CT molecular complexity index is 624. The highest BCUT2D eigenvalue weighted by atomic mass is 16.5. The van der Waals surface area contributed by atoms with Crippen molar-refractivity contribution in [3.05, 3.63) is 48.0 Å². The first-order valence-electron chi connectivity index (χ1n) is 6.86. The maximum Gasteiger partial charge on any atom is 0.236 e. The average molecular weight is 269 g/mol. The van der Waals surface area contributed by atoms with Crippen LogP contribution >= 0.6 is 0 Å². The Kier molecular flexibility index (Phi) is 2.25. The van der Waals surface area contributed by atoms with Crippen molar-refractivity contribution in [2.24, 2.45) is 11.8 Å². The zero-order chi connectivity index (χ0) is 13.9. The van der Waals surface area contributed by atoms with Crippen molar-refractivity contribution in [2.75, 3.05) is 0 Å².